The van der Waals surface area contributed by atoms with E-state index in [1.807, 2.05) is 0 Å². The molecule has 4 bridgehead atoms. The zero-order chi connectivity index (χ0) is 21.2. The molecule has 180 valence electrons. The van der Waals surface area contributed by atoms with Gasteiger partial charge in [0.15, 0.2) is 0 Å². The molecule has 1 saturated heterocycles. The summed E-state index contributed by atoms with van der Waals surface area (Å²) in [6.45, 7) is 3.90. The van der Waals surface area contributed by atoms with Crippen LogP contribution in [-0.4, -0.2) is 30.0 Å². The van der Waals surface area contributed by atoms with Crippen molar-refractivity contribution in [2.75, 3.05) is 23.3 Å². The van der Waals surface area contributed by atoms with Gasteiger partial charge >= 0.3 is 0 Å². The molecule has 3 N–H and O–H groups in total. The van der Waals surface area contributed by atoms with Crippen molar-refractivity contribution in [1.82, 2.24) is 4.98 Å². The number of aromatic nitrogens is 1. The van der Waals surface area contributed by atoms with Crippen LogP contribution >= 0.6 is 24.8 Å². The molecule has 5 fully saturated rings. The molecule has 1 aromatic carbocycles. The van der Waals surface area contributed by atoms with E-state index in [4.69, 9.17) is 10.7 Å². The monoisotopic (exact) mass is 490 g/mol. The number of nitrogens with one attached hydrogen (secondary N) is 1. The van der Waals surface area contributed by atoms with Gasteiger partial charge in [-0.05, 0) is 98.8 Å². The van der Waals surface area contributed by atoms with E-state index < -0.39 is 0 Å². The van der Waals surface area contributed by atoms with Crippen LogP contribution in [0, 0.1) is 30.1 Å². The lowest BCUT2D eigenvalue weighted by atomic mass is 9.49. The number of benzene rings is 1. The van der Waals surface area contributed by atoms with E-state index in [1.165, 1.54) is 38.5 Å². The predicted octanol–water partition coefficient (Wildman–Crippen LogP) is 5.47. The van der Waals surface area contributed by atoms with E-state index >= 15 is 0 Å². The van der Waals surface area contributed by atoms with Crippen LogP contribution < -0.4 is 16.0 Å². The minimum atomic E-state index is 0. The summed E-state index contributed by atoms with van der Waals surface area (Å²) in [6.07, 6.45) is 9.75. The number of rotatable bonds is 4. The largest absolute Gasteiger partial charge is 0.355 e. The average Bonchev–Trinajstić information content (AvgIpc) is 3.15. The normalized spacial score (nSPS) is 31.9. The molecule has 0 radical (unpaired) electrons. The Morgan fingerprint density at radius 3 is 2.36 bits per heavy atom. The van der Waals surface area contributed by atoms with Crippen molar-refractivity contribution in [3.8, 4) is 0 Å². The minimum Gasteiger partial charge on any atom is -0.355 e. The lowest BCUT2D eigenvalue weighted by molar-refractivity contribution is -0.124. The predicted molar refractivity (Wildman–Crippen MR) is 140 cm³/mol. The van der Waals surface area contributed by atoms with Crippen molar-refractivity contribution in [3.05, 3.63) is 29.8 Å². The molecule has 1 aromatic heterocycles. The maximum absolute atomic E-state index is 13.3. The van der Waals surface area contributed by atoms with Crippen LogP contribution in [0.3, 0.4) is 0 Å². The van der Waals surface area contributed by atoms with Gasteiger partial charge in [-0.3, -0.25) is 4.79 Å². The fourth-order valence-corrected chi connectivity index (χ4v) is 7.67. The van der Waals surface area contributed by atoms with E-state index in [1.54, 1.807) is 0 Å². The van der Waals surface area contributed by atoms with Gasteiger partial charge in [0.1, 0.15) is 5.82 Å². The number of anilines is 2. The molecule has 2 aromatic rings. The highest BCUT2D eigenvalue weighted by Crippen LogP contribution is 2.61. The van der Waals surface area contributed by atoms with Gasteiger partial charge in [-0.1, -0.05) is 6.07 Å². The highest BCUT2D eigenvalue weighted by Gasteiger charge is 2.51. The summed E-state index contributed by atoms with van der Waals surface area (Å²) in [5.74, 6) is 3.79. The van der Waals surface area contributed by atoms with Crippen molar-refractivity contribution in [3.63, 3.8) is 0 Å². The summed E-state index contributed by atoms with van der Waals surface area (Å²) < 4.78 is 0. The summed E-state index contributed by atoms with van der Waals surface area (Å²) in [6, 6.07) is 8.58. The first kappa shape index (κ1) is 24.6. The van der Waals surface area contributed by atoms with Gasteiger partial charge < -0.3 is 16.0 Å². The molecule has 7 rings (SSSR count). The number of pyridine rings is 1. The van der Waals surface area contributed by atoms with Crippen molar-refractivity contribution < 1.29 is 4.79 Å². The van der Waals surface area contributed by atoms with Crippen molar-refractivity contribution in [2.24, 2.45) is 28.9 Å². The van der Waals surface area contributed by atoms with E-state index in [9.17, 15) is 4.79 Å². The number of aryl methyl sites for hydroxylation is 1. The highest BCUT2D eigenvalue weighted by molar-refractivity contribution is 6.02. The van der Waals surface area contributed by atoms with Crippen molar-refractivity contribution in [1.29, 1.82) is 0 Å². The fraction of sp³-hybridized carbons (Fsp3) is 0.615. The van der Waals surface area contributed by atoms with Crippen LogP contribution in [-0.2, 0) is 4.79 Å². The third kappa shape index (κ3) is 4.56. The summed E-state index contributed by atoms with van der Waals surface area (Å²) in [7, 11) is 0. The van der Waals surface area contributed by atoms with Gasteiger partial charge in [-0.2, -0.15) is 0 Å². The smallest absolute Gasteiger partial charge is 0.224 e. The lowest BCUT2D eigenvalue weighted by Gasteiger charge is -2.56. The van der Waals surface area contributed by atoms with Gasteiger partial charge in [0.05, 0.1) is 11.2 Å². The number of hydrogen-bond acceptors (Lipinski definition) is 4. The molecule has 1 amide bonds. The molecule has 4 saturated carbocycles. The number of nitrogens with two attached hydrogens (primary N) is 1. The summed E-state index contributed by atoms with van der Waals surface area (Å²) >= 11 is 0. The summed E-state index contributed by atoms with van der Waals surface area (Å²) in [5, 5.41) is 4.35. The summed E-state index contributed by atoms with van der Waals surface area (Å²) in [4.78, 5) is 20.4. The third-order valence-corrected chi connectivity index (χ3v) is 8.58. The van der Waals surface area contributed by atoms with Crippen LogP contribution in [0.15, 0.2) is 24.3 Å². The molecule has 2 heterocycles. The lowest BCUT2D eigenvalue weighted by Crippen LogP contribution is -2.47. The number of halogens is 2. The molecule has 1 atom stereocenters. The van der Waals surface area contributed by atoms with Gasteiger partial charge in [-0.15, -0.1) is 24.8 Å². The Hall–Kier alpha value is -1.56. The Labute approximate surface area is 209 Å². The maximum atomic E-state index is 13.3. The standard InChI is InChI=1S/C26H34N4O.2ClH/c1-16-2-4-22-21(3-5-23(28-22)30-7-6-20(27)15-30)25(16)29-24(31)14-26-11-17-8-18(12-26)10-19(9-17)13-26;;/h2-5,17-20H,6-15,27H2,1H3,(H,29,31);2*1H/t17?,18?,19?,20-,26?;;/m1../s1. The number of carbonyl (C=O) groups is 1. The Balaban J connectivity index is 0.00000130. The molecule has 33 heavy (non-hydrogen) atoms. The number of hydrogen-bond donors (Lipinski definition) is 2. The van der Waals surface area contributed by atoms with Crippen LogP contribution in [0.4, 0.5) is 11.5 Å². The molecule has 4 aliphatic carbocycles. The fourth-order valence-electron chi connectivity index (χ4n) is 7.67. The first-order valence-corrected chi connectivity index (χ1v) is 12.2. The van der Waals surface area contributed by atoms with Gasteiger partial charge in [0.2, 0.25) is 5.91 Å². The quantitative estimate of drug-likeness (QED) is 0.595. The first-order chi connectivity index (χ1) is 15.0. The second kappa shape index (κ2) is 9.24. The molecular formula is C26H36Cl2N4O. The second-order valence-corrected chi connectivity index (χ2v) is 11.1. The number of amides is 1. The Morgan fingerprint density at radius 1 is 1.09 bits per heavy atom. The van der Waals surface area contributed by atoms with E-state index in [2.05, 4.69) is 41.4 Å². The van der Waals surface area contributed by atoms with Gasteiger partial charge in [0, 0.05) is 30.9 Å². The van der Waals surface area contributed by atoms with E-state index in [0.717, 1.165) is 65.2 Å². The van der Waals surface area contributed by atoms with Gasteiger partial charge in [-0.25, -0.2) is 4.98 Å². The third-order valence-electron chi connectivity index (χ3n) is 8.58. The topological polar surface area (TPSA) is 71.2 Å². The minimum absolute atomic E-state index is 0. The van der Waals surface area contributed by atoms with Crippen molar-refractivity contribution >= 4 is 53.1 Å². The maximum Gasteiger partial charge on any atom is 0.224 e. The van der Waals surface area contributed by atoms with E-state index in [-0.39, 0.29) is 42.2 Å². The molecule has 7 heteroatoms. The summed E-state index contributed by atoms with van der Waals surface area (Å²) in [5.41, 5.74) is 9.32. The highest BCUT2D eigenvalue weighted by atomic mass is 35.5. The number of carbonyl (C=O) groups excluding carboxylic acids is 1. The van der Waals surface area contributed by atoms with Crippen molar-refractivity contribution in [2.45, 2.75) is 64.3 Å². The zero-order valence-corrected chi connectivity index (χ0v) is 21.0. The Morgan fingerprint density at radius 2 is 1.76 bits per heavy atom. The van der Waals surface area contributed by atoms with Gasteiger partial charge in [0.25, 0.3) is 0 Å². The SMILES string of the molecule is Cc1ccc2nc(N3CC[C@@H](N)C3)ccc2c1NC(=O)CC12CC3CC(CC(C3)C1)C2.Cl.Cl. The molecule has 0 unspecified atom stereocenters. The first-order valence-electron chi connectivity index (χ1n) is 12.2. The zero-order valence-electron chi connectivity index (χ0n) is 19.4. The number of fused-ring (bicyclic) bond motifs is 1. The molecule has 0 spiro atoms. The van der Waals surface area contributed by atoms with Crippen LogP contribution in [0.25, 0.3) is 10.9 Å². The Kier molecular flexibility index (Phi) is 6.88. The molecular weight excluding hydrogens is 455 g/mol. The average molecular weight is 492 g/mol. The van der Waals surface area contributed by atoms with E-state index in [0.29, 0.717) is 6.42 Å². The Bertz CT molecular complexity index is 1010. The molecule has 5 aliphatic rings. The van der Waals surface area contributed by atoms with Crippen LogP contribution in [0.2, 0.25) is 0 Å². The van der Waals surface area contributed by atoms with Crippen LogP contribution in [0.5, 0.6) is 0 Å². The second-order valence-electron chi connectivity index (χ2n) is 11.1. The number of nitrogens with zero attached hydrogens (tertiary/aromatic N) is 2. The molecule has 1 aliphatic heterocycles. The molecule has 5 nitrogen and oxygen atoms in total. The van der Waals surface area contributed by atoms with Crippen LogP contribution in [0.1, 0.15) is 56.9 Å².